The molecule has 1 saturated carbocycles. The maximum atomic E-state index is 13.2. The van der Waals surface area contributed by atoms with Gasteiger partial charge in [-0.3, -0.25) is 9.59 Å². The second-order valence-corrected chi connectivity index (χ2v) is 10.4. The predicted octanol–water partition coefficient (Wildman–Crippen LogP) is 5.09. The van der Waals surface area contributed by atoms with Gasteiger partial charge in [-0.1, -0.05) is 6.07 Å². The van der Waals surface area contributed by atoms with E-state index in [4.69, 9.17) is 0 Å². The molecular formula is C27H30N4O2S. The van der Waals surface area contributed by atoms with Gasteiger partial charge in [-0.25, -0.2) is 4.68 Å². The van der Waals surface area contributed by atoms with Crippen LogP contribution in [-0.2, 0) is 4.79 Å². The Hall–Kier alpha value is -3.06. The number of benzene rings is 2. The molecule has 1 N–H and O–H groups in total. The van der Waals surface area contributed by atoms with Crippen molar-refractivity contribution in [3.05, 3.63) is 71.5 Å². The highest BCUT2D eigenvalue weighted by Crippen LogP contribution is 2.59. The fraction of sp³-hybridized carbons (Fsp3) is 0.370. The minimum Gasteiger partial charge on any atom is -0.339 e. The lowest BCUT2D eigenvalue weighted by Gasteiger charge is -2.33. The number of nitrogens with one attached hydrogen (secondary N) is 1. The summed E-state index contributed by atoms with van der Waals surface area (Å²) >= 11 is 1.69. The molecule has 1 atom stereocenters. The zero-order valence-electron chi connectivity index (χ0n) is 19.9. The summed E-state index contributed by atoms with van der Waals surface area (Å²) in [6.45, 7) is 5.36. The first kappa shape index (κ1) is 22.7. The van der Waals surface area contributed by atoms with Gasteiger partial charge in [0.25, 0.3) is 5.91 Å². The highest BCUT2D eigenvalue weighted by Gasteiger charge is 2.58. The molecule has 0 bridgehead atoms. The number of amides is 2. The maximum absolute atomic E-state index is 13.2. The Kier molecular flexibility index (Phi) is 5.98. The number of piperidine rings is 1. The van der Waals surface area contributed by atoms with Gasteiger partial charge in [-0.05, 0) is 93.3 Å². The molecule has 1 spiro atoms. The van der Waals surface area contributed by atoms with Gasteiger partial charge in [0.05, 0.1) is 11.4 Å². The zero-order chi connectivity index (χ0) is 23.9. The van der Waals surface area contributed by atoms with E-state index in [1.165, 1.54) is 4.90 Å². The average Bonchev–Trinajstić information content (AvgIpc) is 3.44. The number of carbonyl (C=O) groups excluding carboxylic acids is 2. The van der Waals surface area contributed by atoms with Crippen LogP contribution in [0.5, 0.6) is 0 Å². The molecule has 3 aromatic rings. The van der Waals surface area contributed by atoms with Crippen molar-refractivity contribution < 1.29 is 9.59 Å². The second-order valence-electron chi connectivity index (χ2n) is 9.52. The number of nitrogens with zero attached hydrogens (tertiary/aromatic N) is 3. The number of hydrogen-bond acceptors (Lipinski definition) is 4. The van der Waals surface area contributed by atoms with Gasteiger partial charge in [0.15, 0.2) is 0 Å². The van der Waals surface area contributed by atoms with E-state index >= 15 is 0 Å². The molecule has 2 aliphatic rings. The smallest absolute Gasteiger partial charge is 0.253 e. The molecule has 2 fully saturated rings. The normalized spacial score (nSPS) is 18.7. The van der Waals surface area contributed by atoms with Crippen LogP contribution in [0.4, 0.5) is 5.69 Å². The van der Waals surface area contributed by atoms with Crippen molar-refractivity contribution in [2.75, 3.05) is 24.7 Å². The zero-order valence-corrected chi connectivity index (χ0v) is 20.7. The van der Waals surface area contributed by atoms with Crippen molar-refractivity contribution in [2.24, 2.45) is 11.3 Å². The van der Waals surface area contributed by atoms with Gasteiger partial charge in [-0.15, -0.1) is 11.8 Å². The van der Waals surface area contributed by atoms with Crippen LogP contribution < -0.4 is 5.32 Å². The summed E-state index contributed by atoms with van der Waals surface area (Å²) in [5.41, 5.74) is 4.47. The number of likely N-dealkylation sites (tertiary alicyclic amines) is 1. The minimum atomic E-state index is 0.0411. The highest BCUT2D eigenvalue weighted by atomic mass is 32.2. The standard InChI is InChI=1S/C27H30N4O2S/c1-18-15-19(2)31(29-18)22-6-4-5-20(16-22)26(33)30-13-11-27(12-14-30)17-24(27)25(32)28-21-7-9-23(34-3)10-8-21/h4-10,15-16,24H,11-14,17H2,1-3H3,(H,28,32)/t24-/m1/s1. The monoisotopic (exact) mass is 474 g/mol. The number of hydrogen-bond donors (Lipinski definition) is 1. The first-order valence-electron chi connectivity index (χ1n) is 11.8. The molecule has 6 nitrogen and oxygen atoms in total. The van der Waals surface area contributed by atoms with Crippen LogP contribution in [0.25, 0.3) is 5.69 Å². The van der Waals surface area contributed by atoms with Crippen LogP contribution in [0.1, 0.15) is 41.0 Å². The first-order chi connectivity index (χ1) is 16.4. The Morgan fingerprint density at radius 3 is 2.44 bits per heavy atom. The van der Waals surface area contributed by atoms with Crippen molar-refractivity contribution in [3.63, 3.8) is 0 Å². The van der Waals surface area contributed by atoms with Crippen LogP contribution in [0, 0.1) is 25.2 Å². The van der Waals surface area contributed by atoms with Crippen molar-refractivity contribution >= 4 is 29.3 Å². The van der Waals surface area contributed by atoms with E-state index in [0.29, 0.717) is 18.7 Å². The number of anilines is 1. The minimum absolute atomic E-state index is 0.0411. The van der Waals surface area contributed by atoms with Crippen molar-refractivity contribution in [1.82, 2.24) is 14.7 Å². The molecule has 1 aliphatic carbocycles. The molecule has 1 saturated heterocycles. The number of thioether (sulfide) groups is 1. The third-order valence-electron chi connectivity index (χ3n) is 7.26. The van der Waals surface area contributed by atoms with Crippen LogP contribution in [0.15, 0.2) is 59.5 Å². The molecule has 2 heterocycles. The van der Waals surface area contributed by atoms with Crippen LogP contribution in [0.3, 0.4) is 0 Å². The Labute approximate surface area is 204 Å². The van der Waals surface area contributed by atoms with E-state index in [9.17, 15) is 9.59 Å². The van der Waals surface area contributed by atoms with Gasteiger partial charge in [0.1, 0.15) is 0 Å². The Morgan fingerprint density at radius 2 is 1.79 bits per heavy atom. The van der Waals surface area contributed by atoms with E-state index in [1.807, 2.05) is 84.3 Å². The molecular weight excluding hydrogens is 444 g/mol. The van der Waals surface area contributed by atoms with Crippen molar-refractivity contribution in [3.8, 4) is 5.69 Å². The third kappa shape index (κ3) is 4.37. The lowest BCUT2D eigenvalue weighted by molar-refractivity contribution is -0.118. The summed E-state index contributed by atoms with van der Waals surface area (Å²) in [7, 11) is 0. The van der Waals surface area contributed by atoms with E-state index in [2.05, 4.69) is 10.4 Å². The van der Waals surface area contributed by atoms with Gasteiger partial charge < -0.3 is 10.2 Å². The van der Waals surface area contributed by atoms with Crippen molar-refractivity contribution in [2.45, 2.75) is 38.0 Å². The molecule has 2 amide bonds. The largest absolute Gasteiger partial charge is 0.339 e. The molecule has 176 valence electrons. The summed E-state index contributed by atoms with van der Waals surface area (Å²) in [5, 5.41) is 7.61. The summed E-state index contributed by atoms with van der Waals surface area (Å²) in [5.74, 6) is 0.197. The van der Waals surface area contributed by atoms with Crippen LogP contribution in [-0.4, -0.2) is 45.8 Å². The SMILES string of the molecule is CSc1ccc(NC(=O)[C@H]2CC23CCN(C(=O)c2cccc(-n4nc(C)cc4C)c2)CC3)cc1. The number of aromatic nitrogens is 2. The number of aryl methyl sites for hydroxylation is 2. The predicted molar refractivity (Wildman–Crippen MR) is 136 cm³/mol. The molecule has 0 radical (unpaired) electrons. The Balaban J connectivity index is 1.19. The highest BCUT2D eigenvalue weighted by molar-refractivity contribution is 7.98. The summed E-state index contributed by atoms with van der Waals surface area (Å²) in [4.78, 5) is 29.2. The molecule has 0 unspecified atom stereocenters. The lowest BCUT2D eigenvalue weighted by Crippen LogP contribution is -2.40. The second kappa shape index (κ2) is 8.95. The van der Waals surface area contributed by atoms with E-state index < -0.39 is 0 Å². The van der Waals surface area contributed by atoms with Crippen LogP contribution in [0.2, 0.25) is 0 Å². The quantitative estimate of drug-likeness (QED) is 0.523. The molecule has 1 aromatic heterocycles. The van der Waals surface area contributed by atoms with Gasteiger partial charge in [-0.2, -0.15) is 5.10 Å². The topological polar surface area (TPSA) is 67.2 Å². The Morgan fingerprint density at radius 1 is 1.06 bits per heavy atom. The molecule has 5 rings (SSSR count). The van der Waals surface area contributed by atoms with E-state index in [1.54, 1.807) is 11.8 Å². The number of rotatable bonds is 5. The van der Waals surface area contributed by atoms with Crippen molar-refractivity contribution in [1.29, 1.82) is 0 Å². The maximum Gasteiger partial charge on any atom is 0.253 e. The van der Waals surface area contributed by atoms with E-state index in [-0.39, 0.29) is 23.1 Å². The molecule has 34 heavy (non-hydrogen) atoms. The summed E-state index contributed by atoms with van der Waals surface area (Å²) in [6, 6.07) is 17.7. The summed E-state index contributed by atoms with van der Waals surface area (Å²) in [6.07, 6.45) is 4.70. The van der Waals surface area contributed by atoms with Gasteiger partial charge in [0.2, 0.25) is 5.91 Å². The molecule has 2 aromatic carbocycles. The van der Waals surface area contributed by atoms with Gasteiger partial charge in [0, 0.05) is 40.8 Å². The Bertz CT molecular complexity index is 1230. The number of carbonyl (C=O) groups is 2. The third-order valence-corrected chi connectivity index (χ3v) is 8.00. The summed E-state index contributed by atoms with van der Waals surface area (Å²) < 4.78 is 1.87. The molecule has 7 heteroatoms. The average molecular weight is 475 g/mol. The first-order valence-corrected chi connectivity index (χ1v) is 13.0. The fourth-order valence-corrected chi connectivity index (χ4v) is 5.58. The van der Waals surface area contributed by atoms with Crippen LogP contribution >= 0.6 is 11.8 Å². The van der Waals surface area contributed by atoms with Gasteiger partial charge >= 0.3 is 0 Å². The fourth-order valence-electron chi connectivity index (χ4n) is 5.17. The molecule has 1 aliphatic heterocycles. The lowest BCUT2D eigenvalue weighted by atomic mass is 9.90. The van der Waals surface area contributed by atoms with E-state index in [0.717, 1.165) is 42.0 Å².